The summed E-state index contributed by atoms with van der Waals surface area (Å²) in [5, 5.41) is 3.34. The van der Waals surface area contributed by atoms with E-state index in [1.807, 2.05) is 29.2 Å². The van der Waals surface area contributed by atoms with E-state index in [0.29, 0.717) is 19.4 Å². The minimum Gasteiger partial charge on any atom is -0.496 e. The summed E-state index contributed by atoms with van der Waals surface area (Å²) in [6.07, 6.45) is 10.0. The van der Waals surface area contributed by atoms with Gasteiger partial charge in [-0.05, 0) is 31.7 Å². The SMILES string of the molecule is CCCCN1C(=O)CC[C@@H](C(=O)NC2CCCCCC2)[C@@H]1c1ccccc1OC. The molecule has 1 aliphatic carbocycles. The number of rotatable bonds is 7. The number of carbonyl (C=O) groups is 2. The van der Waals surface area contributed by atoms with Crippen LogP contribution in [0.5, 0.6) is 5.75 Å². The van der Waals surface area contributed by atoms with Gasteiger partial charge < -0.3 is 15.0 Å². The van der Waals surface area contributed by atoms with E-state index < -0.39 is 0 Å². The number of nitrogens with one attached hydrogen (secondary N) is 1. The maximum absolute atomic E-state index is 13.4. The van der Waals surface area contributed by atoms with Crippen LogP contribution >= 0.6 is 0 Å². The van der Waals surface area contributed by atoms with E-state index in [4.69, 9.17) is 4.74 Å². The Hall–Kier alpha value is -2.04. The number of hydrogen-bond acceptors (Lipinski definition) is 3. The van der Waals surface area contributed by atoms with Gasteiger partial charge in [0.05, 0.1) is 19.1 Å². The molecule has 2 aliphatic rings. The van der Waals surface area contributed by atoms with Crippen molar-refractivity contribution in [2.24, 2.45) is 5.92 Å². The van der Waals surface area contributed by atoms with Crippen LogP contribution in [0.25, 0.3) is 0 Å². The molecule has 0 spiro atoms. The Bertz CT molecular complexity index is 682. The summed E-state index contributed by atoms with van der Waals surface area (Å²) >= 11 is 0. The highest BCUT2D eigenvalue weighted by Crippen LogP contribution is 2.41. The number of amides is 2. The van der Waals surface area contributed by atoms with Crippen molar-refractivity contribution >= 4 is 11.8 Å². The minimum atomic E-state index is -0.260. The molecule has 29 heavy (non-hydrogen) atoms. The van der Waals surface area contributed by atoms with Crippen LogP contribution < -0.4 is 10.1 Å². The van der Waals surface area contributed by atoms with E-state index in [9.17, 15) is 9.59 Å². The van der Waals surface area contributed by atoms with E-state index in [1.54, 1.807) is 7.11 Å². The Balaban J connectivity index is 1.87. The van der Waals surface area contributed by atoms with E-state index in [0.717, 1.165) is 37.0 Å². The summed E-state index contributed by atoms with van der Waals surface area (Å²) in [6, 6.07) is 7.84. The monoisotopic (exact) mass is 400 g/mol. The van der Waals surface area contributed by atoms with Crippen molar-refractivity contribution < 1.29 is 14.3 Å². The highest BCUT2D eigenvalue weighted by Gasteiger charge is 2.41. The van der Waals surface area contributed by atoms with Crippen molar-refractivity contribution in [3.8, 4) is 5.75 Å². The summed E-state index contributed by atoms with van der Waals surface area (Å²) in [7, 11) is 1.65. The van der Waals surface area contributed by atoms with E-state index >= 15 is 0 Å². The van der Waals surface area contributed by atoms with E-state index in [2.05, 4.69) is 12.2 Å². The number of carbonyl (C=O) groups excluding carboxylic acids is 2. The lowest BCUT2D eigenvalue weighted by Gasteiger charge is -2.41. The molecule has 1 aromatic rings. The predicted molar refractivity (Wildman–Crippen MR) is 115 cm³/mol. The van der Waals surface area contributed by atoms with E-state index in [-0.39, 0.29) is 29.8 Å². The largest absolute Gasteiger partial charge is 0.496 e. The fourth-order valence-electron chi connectivity index (χ4n) is 4.85. The first kappa shape index (κ1) is 21.7. The molecule has 2 amide bonds. The predicted octanol–water partition coefficient (Wildman–Crippen LogP) is 4.61. The molecular formula is C24H36N2O3. The van der Waals surface area contributed by atoms with Crippen molar-refractivity contribution in [3.63, 3.8) is 0 Å². The molecule has 1 aromatic carbocycles. The lowest BCUT2D eigenvalue weighted by Crippen LogP contribution is -2.50. The third-order valence-corrected chi connectivity index (χ3v) is 6.45. The van der Waals surface area contributed by atoms with Gasteiger partial charge in [-0.25, -0.2) is 0 Å². The Labute approximate surface area is 175 Å². The summed E-state index contributed by atoms with van der Waals surface area (Å²) in [6.45, 7) is 2.81. The van der Waals surface area contributed by atoms with Gasteiger partial charge in [-0.3, -0.25) is 9.59 Å². The molecule has 0 aromatic heterocycles. The molecule has 2 fully saturated rings. The van der Waals surface area contributed by atoms with Gasteiger partial charge in [-0.2, -0.15) is 0 Å². The molecule has 1 saturated carbocycles. The number of hydrogen-bond donors (Lipinski definition) is 1. The fourth-order valence-corrected chi connectivity index (χ4v) is 4.85. The molecule has 1 N–H and O–H groups in total. The zero-order valence-electron chi connectivity index (χ0n) is 18.0. The summed E-state index contributed by atoms with van der Waals surface area (Å²) in [5.41, 5.74) is 0.945. The third-order valence-electron chi connectivity index (χ3n) is 6.45. The number of nitrogens with zero attached hydrogens (tertiary/aromatic N) is 1. The molecule has 5 heteroatoms. The van der Waals surface area contributed by atoms with E-state index in [1.165, 1.54) is 25.7 Å². The first-order valence-electron chi connectivity index (χ1n) is 11.4. The van der Waals surface area contributed by atoms with Crippen LogP contribution in [0.2, 0.25) is 0 Å². The van der Waals surface area contributed by atoms with Crippen LogP contribution in [0, 0.1) is 5.92 Å². The van der Waals surface area contributed by atoms with Crippen LogP contribution in [0.15, 0.2) is 24.3 Å². The molecule has 0 bridgehead atoms. The van der Waals surface area contributed by atoms with Gasteiger partial charge in [0.1, 0.15) is 5.75 Å². The molecule has 1 saturated heterocycles. The molecule has 1 heterocycles. The Morgan fingerprint density at radius 2 is 1.86 bits per heavy atom. The number of unbranched alkanes of at least 4 members (excludes halogenated alkanes) is 1. The molecule has 0 unspecified atom stereocenters. The molecule has 0 radical (unpaired) electrons. The molecular weight excluding hydrogens is 364 g/mol. The smallest absolute Gasteiger partial charge is 0.225 e. The molecule has 160 valence electrons. The topological polar surface area (TPSA) is 58.6 Å². The Morgan fingerprint density at radius 3 is 2.55 bits per heavy atom. The van der Waals surface area contributed by atoms with Crippen LogP contribution in [-0.2, 0) is 9.59 Å². The number of ether oxygens (including phenoxy) is 1. The summed E-state index contributed by atoms with van der Waals surface area (Å²) in [4.78, 5) is 28.2. The number of methoxy groups -OCH3 is 1. The van der Waals surface area contributed by atoms with Crippen molar-refractivity contribution in [3.05, 3.63) is 29.8 Å². The summed E-state index contributed by atoms with van der Waals surface area (Å²) in [5.74, 6) is 0.764. The van der Waals surface area contributed by atoms with Gasteiger partial charge in [0.2, 0.25) is 11.8 Å². The van der Waals surface area contributed by atoms with Crippen LogP contribution in [0.1, 0.15) is 82.7 Å². The quantitative estimate of drug-likeness (QED) is 0.680. The van der Waals surface area contributed by atoms with Crippen LogP contribution in [0.4, 0.5) is 0 Å². The number of likely N-dealkylation sites (tertiary alicyclic amines) is 1. The Kier molecular flexibility index (Phi) is 7.96. The highest BCUT2D eigenvalue weighted by molar-refractivity contribution is 5.85. The standard InChI is InChI=1S/C24H36N2O3/c1-3-4-17-26-22(27)16-15-20(23(26)19-13-9-10-14-21(19)29-2)24(28)25-18-11-7-5-6-8-12-18/h9-10,13-14,18,20,23H,3-8,11-12,15-17H2,1-2H3,(H,25,28)/t20-,23+/m1/s1. The van der Waals surface area contributed by atoms with Crippen molar-refractivity contribution in [2.45, 2.75) is 83.2 Å². The molecule has 2 atom stereocenters. The average molecular weight is 401 g/mol. The second-order valence-electron chi connectivity index (χ2n) is 8.47. The normalized spacial score (nSPS) is 23.5. The third kappa shape index (κ3) is 5.31. The number of para-hydroxylation sites is 1. The number of piperidine rings is 1. The fraction of sp³-hybridized carbons (Fsp3) is 0.667. The molecule has 5 nitrogen and oxygen atoms in total. The van der Waals surface area contributed by atoms with Crippen LogP contribution in [0.3, 0.4) is 0 Å². The van der Waals surface area contributed by atoms with Gasteiger partial charge in [0.15, 0.2) is 0 Å². The van der Waals surface area contributed by atoms with Crippen molar-refractivity contribution in [1.82, 2.24) is 10.2 Å². The maximum atomic E-state index is 13.4. The van der Waals surface area contributed by atoms with Gasteiger partial charge in [0.25, 0.3) is 0 Å². The average Bonchev–Trinajstić information content (AvgIpc) is 3.01. The zero-order valence-corrected chi connectivity index (χ0v) is 18.0. The van der Waals surface area contributed by atoms with Crippen LogP contribution in [-0.4, -0.2) is 36.4 Å². The summed E-state index contributed by atoms with van der Waals surface area (Å²) < 4.78 is 5.61. The number of benzene rings is 1. The second-order valence-corrected chi connectivity index (χ2v) is 8.47. The first-order chi connectivity index (χ1) is 14.2. The molecule has 1 aliphatic heterocycles. The second kappa shape index (κ2) is 10.7. The van der Waals surface area contributed by atoms with Crippen molar-refractivity contribution in [2.75, 3.05) is 13.7 Å². The molecule has 3 rings (SSSR count). The lowest BCUT2D eigenvalue weighted by atomic mass is 9.82. The maximum Gasteiger partial charge on any atom is 0.225 e. The lowest BCUT2D eigenvalue weighted by molar-refractivity contribution is -0.143. The zero-order chi connectivity index (χ0) is 20.6. The van der Waals surface area contributed by atoms with Gasteiger partial charge >= 0.3 is 0 Å². The highest BCUT2D eigenvalue weighted by atomic mass is 16.5. The van der Waals surface area contributed by atoms with Gasteiger partial charge in [-0.1, -0.05) is 57.2 Å². The van der Waals surface area contributed by atoms with Gasteiger partial charge in [0, 0.05) is 24.6 Å². The van der Waals surface area contributed by atoms with Gasteiger partial charge in [-0.15, -0.1) is 0 Å². The van der Waals surface area contributed by atoms with Crippen molar-refractivity contribution in [1.29, 1.82) is 0 Å². The Morgan fingerprint density at radius 1 is 1.14 bits per heavy atom. The minimum absolute atomic E-state index is 0.0989. The first-order valence-corrected chi connectivity index (χ1v) is 11.4.